The number of aryl methyl sites for hydroxylation is 2. The standard InChI is InChI=1S/C17H14ClIN4O/c1-8-3-4-10(18)7-11(8)15-13(17(20)24)14(19)16(23-15)12-5-6-21-9(2)22-12/h3-7,23H,1-2H3,(H2,20,24). The van der Waals surface area contributed by atoms with E-state index in [-0.39, 0.29) is 0 Å². The van der Waals surface area contributed by atoms with Crippen molar-refractivity contribution in [1.82, 2.24) is 15.0 Å². The van der Waals surface area contributed by atoms with Crippen molar-refractivity contribution in [2.24, 2.45) is 5.73 Å². The van der Waals surface area contributed by atoms with E-state index >= 15 is 0 Å². The molecule has 7 heteroatoms. The van der Waals surface area contributed by atoms with Gasteiger partial charge in [0.05, 0.1) is 26.2 Å². The molecule has 0 spiro atoms. The fourth-order valence-electron chi connectivity index (χ4n) is 2.55. The number of H-pyrrole nitrogens is 1. The molecule has 24 heavy (non-hydrogen) atoms. The van der Waals surface area contributed by atoms with E-state index < -0.39 is 5.91 Å². The number of amides is 1. The number of nitrogens with zero attached hydrogens (tertiary/aromatic N) is 2. The van der Waals surface area contributed by atoms with E-state index in [1.807, 2.05) is 32.0 Å². The zero-order valence-corrected chi connectivity index (χ0v) is 15.9. The highest BCUT2D eigenvalue weighted by atomic mass is 127. The minimum Gasteiger partial charge on any atom is -0.365 e. The topological polar surface area (TPSA) is 84.7 Å². The van der Waals surface area contributed by atoms with Crippen LogP contribution in [0.2, 0.25) is 5.02 Å². The Morgan fingerprint density at radius 1 is 1.25 bits per heavy atom. The van der Waals surface area contributed by atoms with E-state index in [1.165, 1.54) is 0 Å². The molecule has 3 N–H and O–H groups in total. The van der Waals surface area contributed by atoms with E-state index in [4.69, 9.17) is 17.3 Å². The zero-order valence-electron chi connectivity index (χ0n) is 13.0. The molecule has 2 heterocycles. The summed E-state index contributed by atoms with van der Waals surface area (Å²) in [7, 11) is 0. The van der Waals surface area contributed by atoms with Gasteiger partial charge in [-0.25, -0.2) is 9.97 Å². The van der Waals surface area contributed by atoms with E-state index in [2.05, 4.69) is 37.5 Å². The number of halogens is 2. The van der Waals surface area contributed by atoms with Crippen LogP contribution in [0, 0.1) is 17.4 Å². The number of benzene rings is 1. The second kappa shape index (κ2) is 6.52. The average Bonchev–Trinajstić information content (AvgIpc) is 2.87. The van der Waals surface area contributed by atoms with Crippen molar-refractivity contribution >= 4 is 40.1 Å². The summed E-state index contributed by atoms with van der Waals surface area (Å²) in [6.07, 6.45) is 1.68. The number of nitrogens with one attached hydrogen (secondary N) is 1. The number of carbonyl (C=O) groups is 1. The summed E-state index contributed by atoms with van der Waals surface area (Å²) in [6, 6.07) is 7.33. The summed E-state index contributed by atoms with van der Waals surface area (Å²) < 4.78 is 0.729. The highest BCUT2D eigenvalue weighted by Gasteiger charge is 2.23. The van der Waals surface area contributed by atoms with Crippen LogP contribution in [-0.2, 0) is 0 Å². The lowest BCUT2D eigenvalue weighted by Gasteiger charge is -2.06. The quantitative estimate of drug-likeness (QED) is 0.587. The Morgan fingerprint density at radius 2 is 2.00 bits per heavy atom. The number of carbonyl (C=O) groups excluding carboxylic acids is 1. The van der Waals surface area contributed by atoms with Crippen molar-refractivity contribution in [1.29, 1.82) is 0 Å². The van der Waals surface area contributed by atoms with Gasteiger partial charge in [0.1, 0.15) is 5.82 Å². The molecule has 0 aliphatic heterocycles. The number of nitrogens with two attached hydrogens (primary N) is 1. The van der Waals surface area contributed by atoms with E-state index in [0.717, 1.165) is 20.4 Å². The molecule has 0 radical (unpaired) electrons. The highest BCUT2D eigenvalue weighted by molar-refractivity contribution is 14.1. The van der Waals surface area contributed by atoms with Crippen molar-refractivity contribution in [3.05, 3.63) is 56.0 Å². The molecular weight excluding hydrogens is 439 g/mol. The first-order chi connectivity index (χ1) is 11.4. The molecule has 122 valence electrons. The lowest BCUT2D eigenvalue weighted by Crippen LogP contribution is -2.13. The van der Waals surface area contributed by atoms with Crippen LogP contribution in [0.5, 0.6) is 0 Å². The monoisotopic (exact) mass is 452 g/mol. The van der Waals surface area contributed by atoms with Gasteiger partial charge in [-0.05, 0) is 60.2 Å². The molecule has 0 unspecified atom stereocenters. The maximum atomic E-state index is 12.1. The van der Waals surface area contributed by atoms with Crippen LogP contribution in [0.25, 0.3) is 22.6 Å². The van der Waals surface area contributed by atoms with Crippen LogP contribution in [0.15, 0.2) is 30.5 Å². The minimum atomic E-state index is -0.498. The van der Waals surface area contributed by atoms with Gasteiger partial charge in [0, 0.05) is 16.8 Å². The number of hydrogen-bond donors (Lipinski definition) is 2. The summed E-state index contributed by atoms with van der Waals surface area (Å²) >= 11 is 8.24. The summed E-state index contributed by atoms with van der Waals surface area (Å²) in [5, 5.41) is 0.593. The molecule has 3 rings (SSSR count). The van der Waals surface area contributed by atoms with E-state index in [9.17, 15) is 4.79 Å². The Bertz CT molecular complexity index is 952. The second-order valence-electron chi connectivity index (χ2n) is 5.38. The lowest BCUT2D eigenvalue weighted by molar-refractivity contribution is 0.100. The molecule has 0 fully saturated rings. The highest BCUT2D eigenvalue weighted by Crippen LogP contribution is 2.36. The number of aromatic nitrogens is 3. The lowest BCUT2D eigenvalue weighted by atomic mass is 10.0. The van der Waals surface area contributed by atoms with Gasteiger partial charge < -0.3 is 10.7 Å². The van der Waals surface area contributed by atoms with Crippen LogP contribution in [0.1, 0.15) is 21.7 Å². The molecule has 2 aromatic heterocycles. The molecule has 0 saturated carbocycles. The van der Waals surface area contributed by atoms with Crippen LogP contribution in [0.3, 0.4) is 0 Å². The predicted octanol–water partition coefficient (Wildman–Crippen LogP) is 4.11. The number of primary amides is 1. The van der Waals surface area contributed by atoms with Gasteiger partial charge >= 0.3 is 0 Å². The molecule has 0 bridgehead atoms. The number of rotatable bonds is 3. The van der Waals surface area contributed by atoms with Crippen molar-refractivity contribution in [2.45, 2.75) is 13.8 Å². The number of hydrogen-bond acceptors (Lipinski definition) is 3. The fourth-order valence-corrected chi connectivity index (χ4v) is 3.66. The third-order valence-corrected chi connectivity index (χ3v) is 5.00. The third-order valence-electron chi connectivity index (χ3n) is 3.69. The summed E-state index contributed by atoms with van der Waals surface area (Å²) in [5.41, 5.74) is 10.00. The van der Waals surface area contributed by atoms with Crippen LogP contribution in [-0.4, -0.2) is 20.9 Å². The molecule has 0 atom stereocenters. The van der Waals surface area contributed by atoms with Crippen molar-refractivity contribution in [2.75, 3.05) is 0 Å². The second-order valence-corrected chi connectivity index (χ2v) is 6.89. The summed E-state index contributed by atoms with van der Waals surface area (Å²) in [6.45, 7) is 3.77. The van der Waals surface area contributed by atoms with Crippen molar-refractivity contribution in [3.8, 4) is 22.6 Å². The molecule has 1 aromatic carbocycles. The molecule has 0 aliphatic rings. The molecule has 5 nitrogen and oxygen atoms in total. The summed E-state index contributed by atoms with van der Waals surface area (Å²) in [5.74, 6) is 0.154. The first kappa shape index (κ1) is 16.9. The van der Waals surface area contributed by atoms with Gasteiger partial charge in [0.25, 0.3) is 5.91 Å². The SMILES string of the molecule is Cc1nccc(-c2[nH]c(-c3cc(Cl)ccc3C)c(C(N)=O)c2I)n1. The van der Waals surface area contributed by atoms with E-state index in [1.54, 1.807) is 12.3 Å². The number of aromatic amines is 1. The summed E-state index contributed by atoms with van der Waals surface area (Å²) in [4.78, 5) is 23.9. The molecular formula is C17H14ClIN4O. The van der Waals surface area contributed by atoms with Crippen molar-refractivity contribution < 1.29 is 4.79 Å². The van der Waals surface area contributed by atoms with Gasteiger partial charge in [-0.15, -0.1) is 0 Å². The Labute approximate surface area is 157 Å². The van der Waals surface area contributed by atoms with Gasteiger partial charge in [0.15, 0.2) is 0 Å². The smallest absolute Gasteiger partial charge is 0.251 e. The van der Waals surface area contributed by atoms with Gasteiger partial charge in [-0.1, -0.05) is 17.7 Å². The molecule has 0 aliphatic carbocycles. The maximum Gasteiger partial charge on any atom is 0.251 e. The van der Waals surface area contributed by atoms with Crippen LogP contribution < -0.4 is 5.73 Å². The molecule has 1 amide bonds. The third kappa shape index (κ3) is 3.03. The largest absolute Gasteiger partial charge is 0.365 e. The first-order valence-corrected chi connectivity index (χ1v) is 8.62. The Hall–Kier alpha value is -1.93. The Balaban J connectivity index is 2.29. The maximum absolute atomic E-state index is 12.1. The Morgan fingerprint density at radius 3 is 2.67 bits per heavy atom. The first-order valence-electron chi connectivity index (χ1n) is 7.16. The van der Waals surface area contributed by atoms with Crippen LogP contribution in [0.4, 0.5) is 0 Å². The zero-order chi connectivity index (χ0) is 17.4. The van der Waals surface area contributed by atoms with Gasteiger partial charge in [-0.3, -0.25) is 4.79 Å². The molecule has 0 saturated heterocycles. The van der Waals surface area contributed by atoms with Crippen molar-refractivity contribution in [3.63, 3.8) is 0 Å². The molecule has 3 aromatic rings. The van der Waals surface area contributed by atoms with E-state index in [0.29, 0.717) is 27.8 Å². The predicted molar refractivity (Wildman–Crippen MR) is 103 cm³/mol. The Kier molecular flexibility index (Phi) is 4.60. The van der Waals surface area contributed by atoms with Gasteiger partial charge in [-0.2, -0.15) is 0 Å². The van der Waals surface area contributed by atoms with Crippen LogP contribution >= 0.6 is 34.2 Å². The van der Waals surface area contributed by atoms with Gasteiger partial charge in [0.2, 0.25) is 0 Å². The average molecular weight is 453 g/mol. The fraction of sp³-hybridized carbons (Fsp3) is 0.118. The minimum absolute atomic E-state index is 0.437. The normalized spacial score (nSPS) is 10.8.